The van der Waals surface area contributed by atoms with Gasteiger partial charge in [0.25, 0.3) is 5.91 Å². The summed E-state index contributed by atoms with van der Waals surface area (Å²) in [6, 6.07) is 6.40. The van der Waals surface area contributed by atoms with Crippen LogP contribution >= 0.6 is 0 Å². The number of hydrogen-bond donors (Lipinski definition) is 1. The highest BCUT2D eigenvalue weighted by atomic mass is 16.5. The van der Waals surface area contributed by atoms with Crippen molar-refractivity contribution in [2.45, 2.75) is 20.4 Å². The lowest BCUT2D eigenvalue weighted by Crippen LogP contribution is -2.26. The summed E-state index contributed by atoms with van der Waals surface area (Å²) >= 11 is 0. The fourth-order valence-electron chi connectivity index (χ4n) is 2.27. The molecule has 0 fully saturated rings. The van der Waals surface area contributed by atoms with Crippen molar-refractivity contribution in [2.24, 2.45) is 0 Å². The van der Waals surface area contributed by atoms with Gasteiger partial charge in [0.2, 0.25) is 0 Å². The Kier molecular flexibility index (Phi) is 4.74. The second kappa shape index (κ2) is 6.56. The first kappa shape index (κ1) is 16.6. The van der Waals surface area contributed by atoms with E-state index in [1.807, 2.05) is 6.92 Å². The number of benzene rings is 1. The first-order valence-corrected chi connectivity index (χ1v) is 7.06. The molecule has 0 aliphatic heterocycles. The van der Waals surface area contributed by atoms with Crippen molar-refractivity contribution in [1.29, 1.82) is 0 Å². The number of esters is 1. The van der Waals surface area contributed by atoms with Crippen LogP contribution in [0.5, 0.6) is 5.75 Å². The number of hydrogen-bond acceptors (Lipinski definition) is 5. The van der Waals surface area contributed by atoms with Crippen LogP contribution in [0.2, 0.25) is 0 Å². The number of phenols is 1. The van der Waals surface area contributed by atoms with Gasteiger partial charge in [-0.1, -0.05) is 11.6 Å². The molecule has 0 atom stereocenters. The molecule has 6 heteroatoms. The van der Waals surface area contributed by atoms with E-state index in [1.165, 1.54) is 18.1 Å². The number of methoxy groups -OCH3 is 1. The fraction of sp³-hybridized carbons (Fsp3) is 0.294. The van der Waals surface area contributed by atoms with Crippen molar-refractivity contribution in [1.82, 2.24) is 4.90 Å². The molecule has 1 amide bonds. The van der Waals surface area contributed by atoms with Crippen molar-refractivity contribution in [3.05, 3.63) is 52.5 Å². The van der Waals surface area contributed by atoms with E-state index in [1.54, 1.807) is 32.2 Å². The second-order valence-electron chi connectivity index (χ2n) is 5.36. The molecule has 1 heterocycles. The molecule has 0 aliphatic carbocycles. The maximum atomic E-state index is 12.4. The highest BCUT2D eigenvalue weighted by Gasteiger charge is 2.20. The summed E-state index contributed by atoms with van der Waals surface area (Å²) in [5.41, 5.74) is 1.44. The predicted octanol–water partition coefficient (Wildman–Crippen LogP) is 2.66. The van der Waals surface area contributed by atoms with E-state index in [0.29, 0.717) is 17.1 Å². The molecule has 1 aromatic heterocycles. The SMILES string of the molecule is COC(=O)c1cc(CN(C)C(=O)c2cc(C)ccc2O)oc1C. The van der Waals surface area contributed by atoms with Gasteiger partial charge in [-0.25, -0.2) is 4.79 Å². The van der Waals surface area contributed by atoms with Crippen molar-refractivity contribution in [3.63, 3.8) is 0 Å². The Bertz CT molecular complexity index is 747. The zero-order valence-corrected chi connectivity index (χ0v) is 13.5. The first-order chi connectivity index (χ1) is 10.8. The molecule has 6 nitrogen and oxygen atoms in total. The van der Waals surface area contributed by atoms with Gasteiger partial charge >= 0.3 is 5.97 Å². The fourth-order valence-corrected chi connectivity index (χ4v) is 2.27. The number of carbonyl (C=O) groups excluding carboxylic acids is 2. The summed E-state index contributed by atoms with van der Waals surface area (Å²) in [4.78, 5) is 25.4. The van der Waals surface area contributed by atoms with Crippen molar-refractivity contribution >= 4 is 11.9 Å². The molecule has 1 aromatic carbocycles. The Labute approximate surface area is 134 Å². The quantitative estimate of drug-likeness (QED) is 0.877. The largest absolute Gasteiger partial charge is 0.507 e. The Morgan fingerprint density at radius 2 is 1.91 bits per heavy atom. The van der Waals surface area contributed by atoms with Crippen LogP contribution in [-0.2, 0) is 11.3 Å². The number of rotatable bonds is 4. The molecule has 0 bridgehead atoms. The lowest BCUT2D eigenvalue weighted by molar-refractivity contribution is 0.0598. The summed E-state index contributed by atoms with van der Waals surface area (Å²) in [5, 5.41) is 9.84. The van der Waals surface area contributed by atoms with Gasteiger partial charge < -0.3 is 19.2 Å². The molecule has 0 unspecified atom stereocenters. The van der Waals surface area contributed by atoms with E-state index in [4.69, 9.17) is 4.42 Å². The summed E-state index contributed by atoms with van der Waals surface area (Å²) in [6.07, 6.45) is 0. The van der Waals surface area contributed by atoms with Crippen LogP contribution in [0.3, 0.4) is 0 Å². The summed E-state index contributed by atoms with van der Waals surface area (Å²) in [5.74, 6) is 0.0120. The van der Waals surface area contributed by atoms with E-state index in [0.717, 1.165) is 5.56 Å². The Morgan fingerprint density at radius 1 is 1.22 bits per heavy atom. The number of ether oxygens (including phenoxy) is 1. The molecule has 2 rings (SSSR count). The Balaban J connectivity index is 2.18. The van der Waals surface area contributed by atoms with E-state index >= 15 is 0 Å². The lowest BCUT2D eigenvalue weighted by atomic mass is 10.1. The topological polar surface area (TPSA) is 80.0 Å². The van der Waals surface area contributed by atoms with E-state index in [2.05, 4.69) is 4.74 Å². The standard InChI is InChI=1S/C17H19NO5/c1-10-5-6-15(19)14(7-10)16(20)18(3)9-12-8-13(11(2)23-12)17(21)22-4/h5-8,19H,9H2,1-4H3. The average molecular weight is 317 g/mol. The van der Waals surface area contributed by atoms with Gasteiger partial charge in [0, 0.05) is 7.05 Å². The summed E-state index contributed by atoms with van der Waals surface area (Å²) < 4.78 is 10.2. The van der Waals surface area contributed by atoms with Gasteiger partial charge in [-0.05, 0) is 32.0 Å². The van der Waals surface area contributed by atoms with Crippen LogP contribution in [0.15, 0.2) is 28.7 Å². The third kappa shape index (κ3) is 3.53. The van der Waals surface area contributed by atoms with Gasteiger partial charge in [0.05, 0.1) is 19.2 Å². The van der Waals surface area contributed by atoms with Crippen LogP contribution in [0, 0.1) is 13.8 Å². The maximum Gasteiger partial charge on any atom is 0.341 e. The molecular formula is C17H19NO5. The van der Waals surface area contributed by atoms with Gasteiger partial charge in [0.15, 0.2) is 0 Å². The highest BCUT2D eigenvalue weighted by molar-refractivity contribution is 5.96. The number of aryl methyl sites for hydroxylation is 2. The van der Waals surface area contributed by atoms with Crippen LogP contribution in [-0.4, -0.2) is 36.0 Å². The third-order valence-corrected chi connectivity index (χ3v) is 3.50. The third-order valence-electron chi connectivity index (χ3n) is 3.50. The van der Waals surface area contributed by atoms with Gasteiger partial charge in [-0.15, -0.1) is 0 Å². The van der Waals surface area contributed by atoms with Crippen molar-refractivity contribution in [3.8, 4) is 5.75 Å². The van der Waals surface area contributed by atoms with Crippen molar-refractivity contribution in [2.75, 3.05) is 14.2 Å². The van der Waals surface area contributed by atoms with Crippen LogP contribution in [0.25, 0.3) is 0 Å². The zero-order valence-electron chi connectivity index (χ0n) is 13.5. The molecule has 0 saturated heterocycles. The maximum absolute atomic E-state index is 12.4. The minimum absolute atomic E-state index is 0.0710. The van der Waals surface area contributed by atoms with E-state index < -0.39 is 5.97 Å². The highest BCUT2D eigenvalue weighted by Crippen LogP contribution is 2.22. The number of furan rings is 1. The van der Waals surface area contributed by atoms with E-state index in [-0.39, 0.29) is 23.8 Å². The van der Waals surface area contributed by atoms with Crippen LogP contribution < -0.4 is 0 Å². The number of amides is 1. The van der Waals surface area contributed by atoms with Crippen molar-refractivity contribution < 1.29 is 23.8 Å². The minimum atomic E-state index is -0.484. The summed E-state index contributed by atoms with van der Waals surface area (Å²) in [6.45, 7) is 3.67. The molecule has 2 aromatic rings. The van der Waals surface area contributed by atoms with Crippen LogP contribution in [0.1, 0.15) is 37.8 Å². The number of carbonyl (C=O) groups is 2. The number of nitrogens with zero attached hydrogens (tertiary/aromatic N) is 1. The summed E-state index contributed by atoms with van der Waals surface area (Å²) in [7, 11) is 2.89. The molecule has 122 valence electrons. The first-order valence-electron chi connectivity index (χ1n) is 7.06. The molecule has 23 heavy (non-hydrogen) atoms. The van der Waals surface area contributed by atoms with Crippen LogP contribution in [0.4, 0.5) is 0 Å². The van der Waals surface area contributed by atoms with E-state index in [9.17, 15) is 14.7 Å². The minimum Gasteiger partial charge on any atom is -0.507 e. The number of aromatic hydroxyl groups is 1. The predicted molar refractivity (Wildman–Crippen MR) is 83.4 cm³/mol. The smallest absolute Gasteiger partial charge is 0.341 e. The second-order valence-corrected chi connectivity index (χ2v) is 5.36. The molecular weight excluding hydrogens is 298 g/mol. The average Bonchev–Trinajstić information content (AvgIpc) is 2.88. The molecule has 0 saturated carbocycles. The molecule has 0 aliphatic rings. The number of phenolic OH excluding ortho intramolecular Hbond substituents is 1. The molecule has 0 spiro atoms. The lowest BCUT2D eigenvalue weighted by Gasteiger charge is -2.16. The van der Waals surface area contributed by atoms with Gasteiger partial charge in [-0.3, -0.25) is 4.79 Å². The normalized spacial score (nSPS) is 10.4. The molecule has 1 N–H and O–H groups in total. The van der Waals surface area contributed by atoms with Gasteiger partial charge in [-0.2, -0.15) is 0 Å². The monoisotopic (exact) mass is 317 g/mol. The van der Waals surface area contributed by atoms with Gasteiger partial charge in [0.1, 0.15) is 22.8 Å². The Morgan fingerprint density at radius 3 is 2.57 bits per heavy atom. The zero-order chi connectivity index (χ0) is 17.1. The Hall–Kier alpha value is -2.76. The molecule has 0 radical (unpaired) electrons.